The molecule has 0 amide bonds. The summed E-state index contributed by atoms with van der Waals surface area (Å²) in [6.45, 7) is 3.10. The van der Waals surface area contributed by atoms with Crippen molar-refractivity contribution in [1.82, 2.24) is 0 Å². The molecule has 40 valence electrons. The van der Waals surface area contributed by atoms with Crippen LogP contribution in [0.1, 0.15) is 0 Å². The van der Waals surface area contributed by atoms with Crippen molar-refractivity contribution in [3.8, 4) is 0 Å². The largest absolute Gasteiger partial charge is 0.471 e. The summed E-state index contributed by atoms with van der Waals surface area (Å²) >= 11 is 2.05. The van der Waals surface area contributed by atoms with Crippen LogP contribution >= 0.6 is 22.6 Å². The van der Waals surface area contributed by atoms with Gasteiger partial charge in [-0.05, 0) is 22.6 Å². The number of nitrogens with zero attached hydrogens (tertiary/aromatic N) is 2. The molecule has 0 aliphatic rings. The smallest absolute Gasteiger partial charge is 0.195 e. The summed E-state index contributed by atoms with van der Waals surface area (Å²) in [6.07, 6.45) is 1.25. The number of rotatable bonds is 3. The molecule has 0 atom stereocenters. The third-order valence-corrected chi connectivity index (χ3v) is 0.626. The van der Waals surface area contributed by atoms with Crippen molar-refractivity contribution < 1.29 is 4.74 Å². The van der Waals surface area contributed by atoms with E-state index in [1.165, 1.54) is 6.40 Å². The van der Waals surface area contributed by atoms with Crippen LogP contribution in [0.2, 0.25) is 0 Å². The van der Waals surface area contributed by atoms with Gasteiger partial charge < -0.3 is 4.74 Å². The number of ether oxygens (including phenoxy) is 1. The normalized spacial score (nSPS) is 9.29. The topological polar surface area (TPSA) is 34.0 Å². The van der Waals surface area contributed by atoms with Gasteiger partial charge in [-0.15, -0.1) is 5.10 Å². The van der Waals surface area contributed by atoms with Crippen molar-refractivity contribution in [2.45, 2.75) is 0 Å². The Labute approximate surface area is 55.6 Å². The summed E-state index contributed by atoms with van der Waals surface area (Å²) in [7, 11) is 0. The fourth-order valence-electron chi connectivity index (χ4n) is 0.0948. The van der Waals surface area contributed by atoms with Crippen LogP contribution in [0.4, 0.5) is 0 Å². The van der Waals surface area contributed by atoms with Gasteiger partial charge in [0.15, 0.2) is 6.40 Å². The molecular formula is C3H5IN2O. The summed E-state index contributed by atoms with van der Waals surface area (Å²) in [5.41, 5.74) is 0. The molecule has 0 saturated heterocycles. The molecule has 0 bridgehead atoms. The second kappa shape index (κ2) is 5.87. The molecule has 0 rings (SSSR count). The van der Waals surface area contributed by atoms with Crippen molar-refractivity contribution in [3.05, 3.63) is 0 Å². The zero-order valence-corrected chi connectivity index (χ0v) is 5.83. The SMILES string of the molecule is C=N/N=C\OCI. The first-order valence-corrected chi connectivity index (χ1v) is 3.09. The summed E-state index contributed by atoms with van der Waals surface area (Å²) < 4.78 is 5.23. The zero-order chi connectivity index (χ0) is 5.54. The third-order valence-electron chi connectivity index (χ3n) is 0.266. The predicted molar refractivity (Wildman–Crippen MR) is 38.0 cm³/mol. The molecule has 0 N–H and O–H groups in total. The van der Waals surface area contributed by atoms with Crippen LogP contribution in [0, 0.1) is 0 Å². The van der Waals surface area contributed by atoms with E-state index in [-0.39, 0.29) is 0 Å². The Balaban J connectivity index is 2.92. The van der Waals surface area contributed by atoms with Gasteiger partial charge in [-0.25, -0.2) is 0 Å². The van der Waals surface area contributed by atoms with Crippen LogP contribution in [-0.4, -0.2) is 17.7 Å². The van der Waals surface area contributed by atoms with E-state index in [1.807, 2.05) is 0 Å². The van der Waals surface area contributed by atoms with Gasteiger partial charge in [0.25, 0.3) is 0 Å². The van der Waals surface area contributed by atoms with Gasteiger partial charge in [-0.2, -0.15) is 5.10 Å². The quantitative estimate of drug-likeness (QED) is 0.226. The minimum absolute atomic E-state index is 0.594. The summed E-state index contributed by atoms with van der Waals surface area (Å²) in [4.78, 5) is 0. The molecule has 0 heterocycles. The molecular weight excluding hydrogens is 207 g/mol. The predicted octanol–water partition coefficient (Wildman–Crippen LogP) is 1.04. The lowest BCUT2D eigenvalue weighted by Gasteiger charge is -1.83. The maximum atomic E-state index is 4.64. The minimum Gasteiger partial charge on any atom is -0.471 e. The molecule has 0 aliphatic carbocycles. The van der Waals surface area contributed by atoms with E-state index in [0.29, 0.717) is 4.61 Å². The van der Waals surface area contributed by atoms with Gasteiger partial charge in [-0.1, -0.05) is 0 Å². The van der Waals surface area contributed by atoms with Crippen LogP contribution in [0.5, 0.6) is 0 Å². The van der Waals surface area contributed by atoms with E-state index in [0.717, 1.165) is 0 Å². The Morgan fingerprint density at radius 2 is 2.57 bits per heavy atom. The number of halogens is 1. The first-order valence-electron chi connectivity index (χ1n) is 1.57. The number of hydrogen-bond acceptors (Lipinski definition) is 3. The summed E-state index contributed by atoms with van der Waals surface area (Å²) in [6, 6.07) is 0. The van der Waals surface area contributed by atoms with Crippen LogP contribution < -0.4 is 0 Å². The van der Waals surface area contributed by atoms with Crippen LogP contribution in [0.3, 0.4) is 0 Å². The van der Waals surface area contributed by atoms with Crippen molar-refractivity contribution in [1.29, 1.82) is 0 Å². The average molecular weight is 212 g/mol. The van der Waals surface area contributed by atoms with Crippen LogP contribution in [0.25, 0.3) is 0 Å². The molecule has 0 aliphatic heterocycles. The Morgan fingerprint density at radius 1 is 1.86 bits per heavy atom. The van der Waals surface area contributed by atoms with Gasteiger partial charge >= 0.3 is 0 Å². The van der Waals surface area contributed by atoms with Crippen molar-refractivity contribution in [2.24, 2.45) is 10.2 Å². The highest BCUT2D eigenvalue weighted by Gasteiger charge is 1.64. The fraction of sp³-hybridized carbons (Fsp3) is 0.333. The lowest BCUT2D eigenvalue weighted by molar-refractivity contribution is 0.410. The lowest BCUT2D eigenvalue weighted by atomic mass is 11.4. The molecule has 0 aromatic carbocycles. The summed E-state index contributed by atoms with van der Waals surface area (Å²) in [5, 5.41) is 6.49. The second-order valence-corrected chi connectivity index (χ2v) is 1.26. The maximum Gasteiger partial charge on any atom is 0.195 e. The molecule has 0 saturated carbocycles. The van der Waals surface area contributed by atoms with E-state index in [4.69, 9.17) is 0 Å². The Kier molecular flexibility index (Phi) is 5.76. The van der Waals surface area contributed by atoms with Crippen molar-refractivity contribution >= 4 is 35.7 Å². The standard InChI is InChI=1S/C3H5IN2O/c1-5-6-3-7-2-4/h3H,1-2H2/b6-3-. The molecule has 4 heteroatoms. The monoisotopic (exact) mass is 212 g/mol. The zero-order valence-electron chi connectivity index (χ0n) is 3.67. The Bertz CT molecular complexity index is 73.3. The van der Waals surface area contributed by atoms with E-state index in [1.54, 1.807) is 0 Å². The van der Waals surface area contributed by atoms with E-state index in [9.17, 15) is 0 Å². The first kappa shape index (κ1) is 6.87. The molecule has 0 unspecified atom stereocenters. The van der Waals surface area contributed by atoms with Crippen LogP contribution in [-0.2, 0) is 4.74 Å². The average Bonchev–Trinajstić information content (AvgIpc) is 1.69. The van der Waals surface area contributed by atoms with E-state index >= 15 is 0 Å². The van der Waals surface area contributed by atoms with Crippen molar-refractivity contribution in [2.75, 3.05) is 4.61 Å². The molecule has 0 aromatic rings. The highest BCUT2D eigenvalue weighted by molar-refractivity contribution is 14.1. The van der Waals surface area contributed by atoms with Gasteiger partial charge in [-0.3, -0.25) is 0 Å². The maximum absolute atomic E-state index is 4.64. The molecule has 0 aromatic heterocycles. The Morgan fingerprint density at radius 3 is 3.00 bits per heavy atom. The van der Waals surface area contributed by atoms with Gasteiger partial charge in [0, 0.05) is 6.72 Å². The molecule has 0 spiro atoms. The minimum atomic E-state index is 0.594. The molecule has 0 fully saturated rings. The van der Waals surface area contributed by atoms with Gasteiger partial charge in [0.05, 0.1) is 0 Å². The van der Waals surface area contributed by atoms with Gasteiger partial charge in [0.2, 0.25) is 0 Å². The highest BCUT2D eigenvalue weighted by Crippen LogP contribution is 1.78. The lowest BCUT2D eigenvalue weighted by Crippen LogP contribution is -1.78. The van der Waals surface area contributed by atoms with Crippen molar-refractivity contribution in [3.63, 3.8) is 0 Å². The number of alkyl halides is 1. The number of hydrogen-bond donors (Lipinski definition) is 0. The fourth-order valence-corrected chi connectivity index (χ4v) is 0.256. The summed E-state index contributed by atoms with van der Waals surface area (Å²) in [5.74, 6) is 0. The Hall–Kier alpha value is -0.130. The van der Waals surface area contributed by atoms with E-state index < -0.39 is 0 Å². The molecule has 7 heavy (non-hydrogen) atoms. The third kappa shape index (κ3) is 5.87. The van der Waals surface area contributed by atoms with E-state index in [2.05, 4.69) is 44.2 Å². The highest BCUT2D eigenvalue weighted by atomic mass is 127. The molecule has 0 radical (unpaired) electrons. The van der Waals surface area contributed by atoms with Crippen LogP contribution in [0.15, 0.2) is 10.2 Å². The van der Waals surface area contributed by atoms with Gasteiger partial charge in [0.1, 0.15) is 4.61 Å². The second-order valence-electron chi connectivity index (χ2n) is 0.638. The first-order chi connectivity index (χ1) is 3.41. The molecule has 3 nitrogen and oxygen atoms in total.